The summed E-state index contributed by atoms with van der Waals surface area (Å²) in [5.41, 5.74) is 1.03. The third-order valence-electron chi connectivity index (χ3n) is 3.59. The highest BCUT2D eigenvalue weighted by Gasteiger charge is 2.10. The van der Waals surface area contributed by atoms with Crippen molar-refractivity contribution in [2.75, 3.05) is 26.7 Å². The van der Waals surface area contributed by atoms with Crippen molar-refractivity contribution < 1.29 is 14.3 Å². The van der Waals surface area contributed by atoms with Crippen LogP contribution in [0.4, 0.5) is 0 Å². The highest BCUT2D eigenvalue weighted by atomic mass is 35.5. The number of aliphatic hydroxyl groups is 1. The number of ether oxygens (including phenoxy) is 1. The molecule has 2 rings (SSSR count). The van der Waals surface area contributed by atoms with E-state index in [2.05, 4.69) is 15.6 Å². The van der Waals surface area contributed by atoms with Crippen LogP contribution >= 0.6 is 11.6 Å². The molecule has 1 atom stereocenters. The van der Waals surface area contributed by atoms with Gasteiger partial charge in [-0.2, -0.15) is 0 Å². The molecule has 7 heteroatoms. The monoisotopic (exact) mass is 365 g/mol. The number of halogens is 1. The van der Waals surface area contributed by atoms with Crippen molar-refractivity contribution in [3.8, 4) is 5.75 Å². The summed E-state index contributed by atoms with van der Waals surface area (Å²) < 4.78 is 10.3. The van der Waals surface area contributed by atoms with Gasteiger partial charge in [-0.05, 0) is 43.2 Å². The van der Waals surface area contributed by atoms with E-state index in [-0.39, 0.29) is 6.54 Å². The van der Waals surface area contributed by atoms with Gasteiger partial charge in [0, 0.05) is 18.1 Å². The molecule has 0 aliphatic rings. The van der Waals surface area contributed by atoms with Gasteiger partial charge in [-0.3, -0.25) is 4.99 Å². The second-order valence-corrected chi connectivity index (χ2v) is 5.79. The summed E-state index contributed by atoms with van der Waals surface area (Å²) in [6.45, 7) is 3.59. The number of methoxy groups -OCH3 is 1. The Morgan fingerprint density at radius 1 is 1.36 bits per heavy atom. The number of guanidine groups is 1. The molecule has 0 radical (unpaired) electrons. The second kappa shape index (κ2) is 9.96. The van der Waals surface area contributed by atoms with Crippen LogP contribution in [0.3, 0.4) is 0 Å². The smallest absolute Gasteiger partial charge is 0.191 e. The summed E-state index contributed by atoms with van der Waals surface area (Å²) in [5, 5.41) is 17.1. The highest BCUT2D eigenvalue weighted by molar-refractivity contribution is 6.31. The third-order valence-corrected chi connectivity index (χ3v) is 3.94. The van der Waals surface area contributed by atoms with Gasteiger partial charge >= 0.3 is 0 Å². The number of aliphatic imine (C=N–C) groups is 1. The van der Waals surface area contributed by atoms with E-state index in [1.54, 1.807) is 25.3 Å². The first kappa shape index (κ1) is 19.1. The topological polar surface area (TPSA) is 79.0 Å². The Morgan fingerprint density at radius 3 is 2.84 bits per heavy atom. The standard InChI is InChI=1S/C18H24ClN3O3/c1-3-20-18(22-12-16(23)17-5-4-10-25-17)21-9-8-13-6-7-14(24-2)11-15(13)19/h4-7,10-11,16,23H,3,8-9,12H2,1-2H3,(H2,20,21,22). The van der Waals surface area contributed by atoms with E-state index in [1.165, 1.54) is 6.26 Å². The summed E-state index contributed by atoms with van der Waals surface area (Å²) in [4.78, 5) is 4.38. The largest absolute Gasteiger partial charge is 0.497 e. The van der Waals surface area contributed by atoms with Crippen molar-refractivity contribution in [1.29, 1.82) is 0 Å². The predicted octanol–water partition coefficient (Wildman–Crippen LogP) is 2.77. The van der Waals surface area contributed by atoms with E-state index in [0.717, 1.165) is 24.3 Å². The van der Waals surface area contributed by atoms with E-state index in [9.17, 15) is 5.11 Å². The van der Waals surface area contributed by atoms with Gasteiger partial charge in [0.2, 0.25) is 0 Å². The maximum atomic E-state index is 10.0. The molecule has 2 aromatic rings. The SMILES string of the molecule is CCNC(=NCC(O)c1ccco1)NCCc1ccc(OC)cc1Cl. The third kappa shape index (κ3) is 5.99. The zero-order valence-electron chi connectivity index (χ0n) is 14.5. The Kier molecular flexibility index (Phi) is 7.63. The van der Waals surface area contributed by atoms with Gasteiger partial charge in [0.05, 0.1) is 19.9 Å². The zero-order chi connectivity index (χ0) is 18.1. The molecule has 0 aliphatic carbocycles. The first-order valence-electron chi connectivity index (χ1n) is 8.20. The number of aliphatic hydroxyl groups excluding tert-OH is 1. The van der Waals surface area contributed by atoms with Gasteiger partial charge in [0.1, 0.15) is 17.6 Å². The summed E-state index contributed by atoms with van der Waals surface area (Å²) in [7, 11) is 1.61. The summed E-state index contributed by atoms with van der Waals surface area (Å²) >= 11 is 6.25. The lowest BCUT2D eigenvalue weighted by molar-refractivity contribution is 0.158. The molecule has 136 valence electrons. The average Bonchev–Trinajstić information content (AvgIpc) is 3.15. The zero-order valence-corrected chi connectivity index (χ0v) is 15.2. The summed E-state index contributed by atoms with van der Waals surface area (Å²) in [6.07, 6.45) is 1.51. The van der Waals surface area contributed by atoms with Gasteiger partial charge in [-0.1, -0.05) is 17.7 Å². The molecule has 1 heterocycles. The lowest BCUT2D eigenvalue weighted by atomic mass is 10.1. The first-order valence-corrected chi connectivity index (χ1v) is 8.58. The van der Waals surface area contributed by atoms with E-state index in [4.69, 9.17) is 20.8 Å². The highest BCUT2D eigenvalue weighted by Crippen LogP contribution is 2.22. The molecule has 0 saturated carbocycles. The maximum Gasteiger partial charge on any atom is 0.191 e. The maximum absolute atomic E-state index is 10.0. The minimum Gasteiger partial charge on any atom is -0.497 e. The Labute approximate surface area is 152 Å². The molecule has 0 amide bonds. The van der Waals surface area contributed by atoms with Crippen LogP contribution in [-0.4, -0.2) is 37.8 Å². The Bertz CT molecular complexity index is 674. The molecular formula is C18H24ClN3O3. The van der Waals surface area contributed by atoms with Gasteiger partial charge in [0.15, 0.2) is 5.96 Å². The van der Waals surface area contributed by atoms with Gasteiger partial charge in [0.25, 0.3) is 0 Å². The van der Waals surface area contributed by atoms with Gasteiger partial charge in [-0.15, -0.1) is 0 Å². The molecule has 6 nitrogen and oxygen atoms in total. The number of hydrogen-bond donors (Lipinski definition) is 3. The van der Waals surface area contributed by atoms with Crippen molar-refractivity contribution in [2.24, 2.45) is 4.99 Å². The van der Waals surface area contributed by atoms with Crippen molar-refractivity contribution in [1.82, 2.24) is 10.6 Å². The molecular weight excluding hydrogens is 342 g/mol. The summed E-state index contributed by atoms with van der Waals surface area (Å²) in [6, 6.07) is 9.11. The Morgan fingerprint density at radius 2 is 2.20 bits per heavy atom. The van der Waals surface area contributed by atoms with E-state index in [0.29, 0.717) is 23.3 Å². The first-order chi connectivity index (χ1) is 12.1. The molecule has 0 aliphatic heterocycles. The fraction of sp³-hybridized carbons (Fsp3) is 0.389. The van der Waals surface area contributed by atoms with Crippen molar-refractivity contribution >= 4 is 17.6 Å². The van der Waals surface area contributed by atoms with Crippen LogP contribution in [0.25, 0.3) is 0 Å². The number of nitrogens with zero attached hydrogens (tertiary/aromatic N) is 1. The average molecular weight is 366 g/mol. The Balaban J connectivity index is 1.87. The fourth-order valence-corrected chi connectivity index (χ4v) is 2.53. The molecule has 3 N–H and O–H groups in total. The molecule has 1 aromatic heterocycles. The number of hydrogen-bond acceptors (Lipinski definition) is 4. The van der Waals surface area contributed by atoms with Crippen LogP contribution in [0.2, 0.25) is 5.02 Å². The van der Waals surface area contributed by atoms with Crippen LogP contribution in [0.15, 0.2) is 46.0 Å². The van der Waals surface area contributed by atoms with E-state index < -0.39 is 6.10 Å². The quantitative estimate of drug-likeness (QED) is 0.495. The van der Waals surface area contributed by atoms with E-state index in [1.807, 2.05) is 19.1 Å². The Hall–Kier alpha value is -2.18. The number of nitrogens with one attached hydrogen (secondary N) is 2. The number of benzene rings is 1. The normalized spacial score (nSPS) is 12.7. The van der Waals surface area contributed by atoms with Crippen molar-refractivity contribution in [3.05, 3.63) is 52.9 Å². The lowest BCUT2D eigenvalue weighted by Crippen LogP contribution is -2.38. The number of rotatable bonds is 8. The molecule has 0 bridgehead atoms. The van der Waals surface area contributed by atoms with Crippen molar-refractivity contribution in [3.63, 3.8) is 0 Å². The lowest BCUT2D eigenvalue weighted by Gasteiger charge is -2.13. The molecule has 1 unspecified atom stereocenters. The number of furan rings is 1. The predicted molar refractivity (Wildman–Crippen MR) is 99.4 cm³/mol. The van der Waals surface area contributed by atoms with Gasteiger partial charge < -0.3 is 24.9 Å². The molecule has 0 saturated heterocycles. The van der Waals surface area contributed by atoms with Gasteiger partial charge in [-0.25, -0.2) is 0 Å². The molecule has 0 spiro atoms. The van der Waals surface area contributed by atoms with Crippen LogP contribution in [0, 0.1) is 0 Å². The molecule has 25 heavy (non-hydrogen) atoms. The molecule has 0 fully saturated rings. The van der Waals surface area contributed by atoms with Crippen LogP contribution < -0.4 is 15.4 Å². The fourth-order valence-electron chi connectivity index (χ4n) is 2.26. The minimum atomic E-state index is -0.763. The molecule has 1 aromatic carbocycles. The minimum absolute atomic E-state index is 0.214. The van der Waals surface area contributed by atoms with Crippen LogP contribution in [0.5, 0.6) is 5.75 Å². The van der Waals surface area contributed by atoms with Crippen LogP contribution in [0.1, 0.15) is 24.4 Å². The van der Waals surface area contributed by atoms with E-state index >= 15 is 0 Å². The summed E-state index contributed by atoms with van der Waals surface area (Å²) in [5.74, 6) is 1.88. The van der Waals surface area contributed by atoms with Crippen molar-refractivity contribution in [2.45, 2.75) is 19.4 Å². The second-order valence-electron chi connectivity index (χ2n) is 5.38. The van der Waals surface area contributed by atoms with Crippen LogP contribution in [-0.2, 0) is 6.42 Å².